The van der Waals surface area contributed by atoms with Gasteiger partial charge in [0.25, 0.3) is 0 Å². The van der Waals surface area contributed by atoms with Crippen LogP contribution in [0, 0.1) is 0 Å². The van der Waals surface area contributed by atoms with Crippen molar-refractivity contribution in [3.05, 3.63) is 109 Å². The third kappa shape index (κ3) is 3.20. The number of thiophene rings is 1. The second-order valence-electron chi connectivity index (χ2n) is 7.49. The molecule has 0 radical (unpaired) electrons. The van der Waals surface area contributed by atoms with Gasteiger partial charge in [-0.05, 0) is 23.3 Å². The lowest BCUT2D eigenvalue weighted by molar-refractivity contribution is 1.24. The molecular formula is C28H18N2S. The number of nitrogens with zero attached hydrogens (tertiary/aromatic N) is 2. The summed E-state index contributed by atoms with van der Waals surface area (Å²) >= 11 is 1.73. The zero-order chi connectivity index (χ0) is 20.6. The van der Waals surface area contributed by atoms with Crippen LogP contribution in [0.25, 0.3) is 54.1 Å². The number of rotatable bonds is 3. The second-order valence-corrected chi connectivity index (χ2v) is 8.52. The van der Waals surface area contributed by atoms with Crippen LogP contribution >= 0.6 is 11.3 Å². The standard InChI is InChI=1S/C28H18N2S/c1-3-10-19(11-4-1)21-14-9-15-22(18-21)27-29-26(20-12-5-2-6-13-20)25-23-16-7-8-17-24(23)31-28(25)30-27/h1-18H. The highest BCUT2D eigenvalue weighted by molar-refractivity contribution is 7.25. The molecule has 3 heteroatoms. The molecule has 0 saturated heterocycles. The van der Waals surface area contributed by atoms with E-state index >= 15 is 0 Å². The van der Waals surface area contributed by atoms with E-state index in [1.165, 1.54) is 21.2 Å². The Balaban J connectivity index is 1.61. The van der Waals surface area contributed by atoms with Crippen molar-refractivity contribution in [2.24, 2.45) is 0 Å². The molecule has 0 aliphatic heterocycles. The first-order valence-corrected chi connectivity index (χ1v) is 11.1. The van der Waals surface area contributed by atoms with Crippen LogP contribution in [-0.4, -0.2) is 9.97 Å². The molecule has 0 spiro atoms. The van der Waals surface area contributed by atoms with Crippen LogP contribution in [-0.2, 0) is 0 Å². The van der Waals surface area contributed by atoms with Crippen molar-refractivity contribution >= 4 is 31.6 Å². The first-order valence-electron chi connectivity index (χ1n) is 10.3. The Morgan fingerprint density at radius 2 is 1.16 bits per heavy atom. The average Bonchev–Trinajstić information content (AvgIpc) is 3.23. The quantitative estimate of drug-likeness (QED) is 0.295. The van der Waals surface area contributed by atoms with Crippen molar-refractivity contribution < 1.29 is 0 Å². The summed E-state index contributed by atoms with van der Waals surface area (Å²) in [5, 5.41) is 2.35. The van der Waals surface area contributed by atoms with Gasteiger partial charge in [0.1, 0.15) is 4.83 Å². The van der Waals surface area contributed by atoms with Crippen molar-refractivity contribution in [2.75, 3.05) is 0 Å². The van der Waals surface area contributed by atoms with Gasteiger partial charge in [-0.15, -0.1) is 11.3 Å². The Hall–Kier alpha value is -3.82. The van der Waals surface area contributed by atoms with Crippen LogP contribution in [0.4, 0.5) is 0 Å². The molecular weight excluding hydrogens is 396 g/mol. The van der Waals surface area contributed by atoms with Gasteiger partial charge in [0.05, 0.1) is 5.69 Å². The zero-order valence-corrected chi connectivity index (χ0v) is 17.5. The van der Waals surface area contributed by atoms with Gasteiger partial charge in [-0.1, -0.05) is 97.1 Å². The molecule has 2 aromatic heterocycles. The van der Waals surface area contributed by atoms with Crippen LogP contribution in [0.5, 0.6) is 0 Å². The number of hydrogen-bond acceptors (Lipinski definition) is 3. The van der Waals surface area contributed by atoms with Crippen LogP contribution in [0.1, 0.15) is 0 Å². The topological polar surface area (TPSA) is 25.8 Å². The van der Waals surface area contributed by atoms with Crippen molar-refractivity contribution in [1.82, 2.24) is 9.97 Å². The van der Waals surface area contributed by atoms with E-state index < -0.39 is 0 Å². The minimum absolute atomic E-state index is 0.760. The van der Waals surface area contributed by atoms with Crippen LogP contribution < -0.4 is 0 Å². The molecule has 0 bridgehead atoms. The lowest BCUT2D eigenvalue weighted by Gasteiger charge is -2.09. The van der Waals surface area contributed by atoms with Gasteiger partial charge in [-0.25, -0.2) is 9.97 Å². The number of hydrogen-bond donors (Lipinski definition) is 0. The van der Waals surface area contributed by atoms with Crippen molar-refractivity contribution in [2.45, 2.75) is 0 Å². The van der Waals surface area contributed by atoms with E-state index in [4.69, 9.17) is 9.97 Å². The number of aromatic nitrogens is 2. The van der Waals surface area contributed by atoms with Crippen LogP contribution in [0.15, 0.2) is 109 Å². The minimum Gasteiger partial charge on any atom is -0.227 e. The smallest absolute Gasteiger partial charge is 0.161 e. The zero-order valence-electron chi connectivity index (χ0n) is 16.7. The normalized spacial score (nSPS) is 11.2. The lowest BCUT2D eigenvalue weighted by atomic mass is 10.0. The molecule has 0 aliphatic carbocycles. The van der Waals surface area contributed by atoms with Crippen molar-refractivity contribution in [3.8, 4) is 33.8 Å². The second kappa shape index (κ2) is 7.46. The van der Waals surface area contributed by atoms with Crippen molar-refractivity contribution in [1.29, 1.82) is 0 Å². The summed E-state index contributed by atoms with van der Waals surface area (Å²) in [7, 11) is 0. The fourth-order valence-corrected chi connectivity index (χ4v) is 5.10. The van der Waals surface area contributed by atoms with E-state index in [1.54, 1.807) is 11.3 Å². The monoisotopic (exact) mass is 414 g/mol. The first kappa shape index (κ1) is 18.0. The molecule has 0 N–H and O–H groups in total. The summed E-state index contributed by atoms with van der Waals surface area (Å²) in [6.45, 7) is 0. The van der Waals surface area contributed by atoms with E-state index in [-0.39, 0.29) is 0 Å². The predicted molar refractivity (Wildman–Crippen MR) is 131 cm³/mol. The number of fused-ring (bicyclic) bond motifs is 3. The molecule has 2 nitrogen and oxygen atoms in total. The molecule has 0 amide bonds. The van der Waals surface area contributed by atoms with E-state index in [0.29, 0.717) is 0 Å². The minimum atomic E-state index is 0.760. The predicted octanol–water partition coefficient (Wildman–Crippen LogP) is 7.85. The van der Waals surface area contributed by atoms with E-state index in [9.17, 15) is 0 Å². The van der Waals surface area contributed by atoms with E-state index in [0.717, 1.165) is 32.9 Å². The summed E-state index contributed by atoms with van der Waals surface area (Å²) < 4.78 is 1.24. The molecule has 0 aliphatic rings. The first-order chi connectivity index (χ1) is 15.4. The van der Waals surface area contributed by atoms with Gasteiger partial charge in [0.2, 0.25) is 0 Å². The summed E-state index contributed by atoms with van der Waals surface area (Å²) in [4.78, 5) is 11.1. The Bertz CT molecular complexity index is 1520. The summed E-state index contributed by atoms with van der Waals surface area (Å²) in [6.07, 6.45) is 0. The molecule has 4 aromatic carbocycles. The maximum atomic E-state index is 5.09. The Kier molecular flexibility index (Phi) is 4.33. The maximum Gasteiger partial charge on any atom is 0.161 e. The highest BCUT2D eigenvalue weighted by atomic mass is 32.1. The molecule has 6 aromatic rings. The summed E-state index contributed by atoms with van der Waals surface area (Å²) in [5.74, 6) is 0.760. The van der Waals surface area contributed by atoms with Gasteiger partial charge >= 0.3 is 0 Å². The molecule has 146 valence electrons. The van der Waals surface area contributed by atoms with Gasteiger partial charge in [-0.2, -0.15) is 0 Å². The van der Waals surface area contributed by atoms with Gasteiger partial charge < -0.3 is 0 Å². The number of benzene rings is 4. The molecule has 0 fully saturated rings. The highest BCUT2D eigenvalue weighted by Crippen LogP contribution is 2.39. The molecule has 0 saturated carbocycles. The van der Waals surface area contributed by atoms with Crippen molar-refractivity contribution in [3.63, 3.8) is 0 Å². The largest absolute Gasteiger partial charge is 0.227 e. The van der Waals surface area contributed by atoms with Gasteiger partial charge in [0.15, 0.2) is 5.82 Å². The Morgan fingerprint density at radius 3 is 1.97 bits per heavy atom. The molecule has 2 heterocycles. The van der Waals surface area contributed by atoms with Gasteiger partial charge in [0, 0.05) is 26.6 Å². The van der Waals surface area contributed by atoms with E-state index in [1.807, 2.05) is 12.1 Å². The average molecular weight is 415 g/mol. The third-order valence-electron chi connectivity index (χ3n) is 5.51. The maximum absolute atomic E-state index is 5.09. The fraction of sp³-hybridized carbons (Fsp3) is 0. The Morgan fingerprint density at radius 1 is 0.516 bits per heavy atom. The van der Waals surface area contributed by atoms with Gasteiger partial charge in [-0.3, -0.25) is 0 Å². The lowest BCUT2D eigenvalue weighted by Crippen LogP contribution is -1.93. The van der Waals surface area contributed by atoms with Crippen LogP contribution in [0.3, 0.4) is 0 Å². The highest BCUT2D eigenvalue weighted by Gasteiger charge is 2.16. The third-order valence-corrected chi connectivity index (χ3v) is 6.58. The van der Waals surface area contributed by atoms with E-state index in [2.05, 4.69) is 97.1 Å². The summed E-state index contributed by atoms with van der Waals surface area (Å²) in [5.41, 5.74) is 5.48. The molecule has 0 unspecified atom stereocenters. The Labute approximate surface area is 184 Å². The molecule has 31 heavy (non-hydrogen) atoms. The molecule has 0 atom stereocenters. The fourth-order valence-electron chi connectivity index (χ4n) is 4.03. The van der Waals surface area contributed by atoms with Crippen LogP contribution in [0.2, 0.25) is 0 Å². The SMILES string of the molecule is c1ccc(-c2cccc(-c3nc(-c4ccccc4)c4c(n3)sc3ccccc34)c2)cc1. The summed E-state index contributed by atoms with van der Waals surface area (Å²) in [6, 6.07) is 37.8. The molecule has 6 rings (SSSR count).